The van der Waals surface area contributed by atoms with E-state index in [2.05, 4.69) is 5.32 Å². The zero-order valence-corrected chi connectivity index (χ0v) is 16.5. The summed E-state index contributed by atoms with van der Waals surface area (Å²) in [7, 11) is 3.01. The molecule has 2 fully saturated rings. The van der Waals surface area contributed by atoms with Crippen LogP contribution < -0.4 is 14.8 Å². The third kappa shape index (κ3) is 3.49. The molecule has 152 valence electrons. The van der Waals surface area contributed by atoms with E-state index < -0.39 is 17.5 Å². The van der Waals surface area contributed by atoms with Gasteiger partial charge < -0.3 is 24.4 Å². The number of urea groups is 1. The van der Waals surface area contributed by atoms with Crippen LogP contribution in [-0.4, -0.2) is 74.2 Å². The summed E-state index contributed by atoms with van der Waals surface area (Å²) in [5.41, 5.74) is -0.756. The summed E-state index contributed by atoms with van der Waals surface area (Å²) in [6.07, 6.45) is -0.0714. The molecule has 0 aliphatic carbocycles. The van der Waals surface area contributed by atoms with Crippen LogP contribution >= 0.6 is 0 Å². The van der Waals surface area contributed by atoms with E-state index in [9.17, 15) is 14.4 Å². The Morgan fingerprint density at radius 2 is 2.00 bits per heavy atom. The van der Waals surface area contributed by atoms with Gasteiger partial charge in [-0.1, -0.05) is 6.07 Å². The molecule has 2 unspecified atom stereocenters. The van der Waals surface area contributed by atoms with Gasteiger partial charge in [0.2, 0.25) is 5.91 Å². The lowest BCUT2D eigenvalue weighted by Gasteiger charge is -2.32. The first-order valence-corrected chi connectivity index (χ1v) is 9.06. The molecule has 9 heteroatoms. The Balaban J connectivity index is 1.79. The van der Waals surface area contributed by atoms with Gasteiger partial charge >= 0.3 is 6.03 Å². The number of imide groups is 1. The first kappa shape index (κ1) is 19.9. The maximum Gasteiger partial charge on any atom is 0.325 e. The zero-order chi connectivity index (χ0) is 20.5. The van der Waals surface area contributed by atoms with E-state index >= 15 is 0 Å². The highest BCUT2D eigenvalue weighted by Gasteiger charge is 2.50. The minimum Gasteiger partial charge on any atom is -0.493 e. The Labute approximate surface area is 163 Å². The molecule has 4 amide bonds. The van der Waals surface area contributed by atoms with Crippen molar-refractivity contribution in [2.75, 3.05) is 40.5 Å². The Hall–Kier alpha value is -2.81. The summed E-state index contributed by atoms with van der Waals surface area (Å²) in [4.78, 5) is 40.7. The van der Waals surface area contributed by atoms with Crippen molar-refractivity contribution in [1.29, 1.82) is 0 Å². The summed E-state index contributed by atoms with van der Waals surface area (Å²) in [5.74, 6) is 0.190. The summed E-state index contributed by atoms with van der Waals surface area (Å²) in [6, 6.07) is 4.40. The number of hydrogen-bond donors (Lipinski definition) is 1. The van der Waals surface area contributed by atoms with Gasteiger partial charge in [-0.3, -0.25) is 14.5 Å². The fourth-order valence-corrected chi connectivity index (χ4v) is 3.46. The van der Waals surface area contributed by atoms with Gasteiger partial charge in [-0.25, -0.2) is 4.79 Å². The lowest BCUT2D eigenvalue weighted by molar-refractivity contribution is -0.143. The molecule has 2 heterocycles. The predicted octanol–water partition coefficient (Wildman–Crippen LogP) is 0.718. The van der Waals surface area contributed by atoms with Crippen molar-refractivity contribution in [2.45, 2.75) is 25.5 Å². The second-order valence-corrected chi connectivity index (χ2v) is 7.04. The smallest absolute Gasteiger partial charge is 0.325 e. The van der Waals surface area contributed by atoms with Crippen molar-refractivity contribution >= 4 is 17.8 Å². The minimum atomic E-state index is -1.30. The zero-order valence-electron chi connectivity index (χ0n) is 16.5. The van der Waals surface area contributed by atoms with Crippen LogP contribution in [0.1, 0.15) is 19.4 Å². The monoisotopic (exact) mass is 391 g/mol. The highest BCUT2D eigenvalue weighted by Crippen LogP contribution is 2.35. The van der Waals surface area contributed by atoms with E-state index in [1.54, 1.807) is 30.0 Å². The SMILES string of the molecule is COc1ccc(C2(C)NC(=O)N(CC(=O)N3CCOC(C)C3)C2=O)cc1OC. The van der Waals surface area contributed by atoms with Crippen LogP contribution in [0.25, 0.3) is 0 Å². The lowest BCUT2D eigenvalue weighted by atomic mass is 9.91. The summed E-state index contributed by atoms with van der Waals surface area (Å²) >= 11 is 0. The molecule has 0 radical (unpaired) electrons. The molecule has 28 heavy (non-hydrogen) atoms. The first-order chi connectivity index (χ1) is 13.3. The van der Waals surface area contributed by atoms with E-state index in [4.69, 9.17) is 14.2 Å². The molecule has 9 nitrogen and oxygen atoms in total. The molecule has 0 aromatic heterocycles. The number of nitrogens with zero attached hydrogens (tertiary/aromatic N) is 2. The maximum absolute atomic E-state index is 13.0. The van der Waals surface area contributed by atoms with Crippen molar-refractivity contribution in [3.05, 3.63) is 23.8 Å². The number of benzene rings is 1. The quantitative estimate of drug-likeness (QED) is 0.743. The van der Waals surface area contributed by atoms with Crippen LogP contribution in [0.3, 0.4) is 0 Å². The summed E-state index contributed by atoms with van der Waals surface area (Å²) < 4.78 is 15.9. The van der Waals surface area contributed by atoms with Crippen molar-refractivity contribution in [2.24, 2.45) is 0 Å². The molecule has 1 aromatic rings. The van der Waals surface area contributed by atoms with Gasteiger partial charge in [-0.05, 0) is 31.5 Å². The van der Waals surface area contributed by atoms with E-state index in [-0.39, 0.29) is 18.6 Å². The first-order valence-electron chi connectivity index (χ1n) is 9.06. The number of carbonyl (C=O) groups excluding carboxylic acids is 3. The number of carbonyl (C=O) groups is 3. The van der Waals surface area contributed by atoms with E-state index in [1.165, 1.54) is 14.2 Å². The second kappa shape index (κ2) is 7.67. The highest BCUT2D eigenvalue weighted by atomic mass is 16.5. The van der Waals surface area contributed by atoms with Gasteiger partial charge in [0.15, 0.2) is 11.5 Å². The van der Waals surface area contributed by atoms with Crippen molar-refractivity contribution in [1.82, 2.24) is 15.1 Å². The molecule has 2 saturated heterocycles. The van der Waals surface area contributed by atoms with Crippen molar-refractivity contribution < 1.29 is 28.6 Å². The van der Waals surface area contributed by atoms with Crippen LogP contribution in [-0.2, 0) is 19.9 Å². The molecule has 3 rings (SSSR count). The van der Waals surface area contributed by atoms with E-state index in [0.717, 1.165) is 4.90 Å². The van der Waals surface area contributed by atoms with Crippen molar-refractivity contribution in [3.63, 3.8) is 0 Å². The number of methoxy groups -OCH3 is 2. The number of amides is 4. The summed E-state index contributed by atoms with van der Waals surface area (Å²) in [6.45, 7) is 4.50. The Bertz CT molecular complexity index is 798. The normalized spacial score (nSPS) is 24.9. The predicted molar refractivity (Wildman–Crippen MR) is 99.1 cm³/mol. The second-order valence-electron chi connectivity index (χ2n) is 7.04. The molecule has 2 aliphatic heterocycles. The number of nitrogens with one attached hydrogen (secondary N) is 1. The average molecular weight is 391 g/mol. The van der Waals surface area contributed by atoms with Gasteiger partial charge in [0, 0.05) is 13.1 Å². The number of hydrogen-bond acceptors (Lipinski definition) is 6. The number of rotatable bonds is 5. The summed E-state index contributed by atoms with van der Waals surface area (Å²) in [5, 5.41) is 2.70. The molecule has 2 atom stereocenters. The number of ether oxygens (including phenoxy) is 3. The Kier molecular flexibility index (Phi) is 5.46. The standard InChI is InChI=1S/C19H25N3O6/c1-12-10-21(7-8-28-12)16(23)11-22-17(24)19(2,20-18(22)25)13-5-6-14(26-3)15(9-13)27-4/h5-6,9,12H,7-8,10-11H2,1-4H3,(H,20,25). The molecule has 1 N–H and O–H groups in total. The van der Waals surface area contributed by atoms with Crippen LogP contribution in [0, 0.1) is 0 Å². The molecule has 2 aliphatic rings. The van der Waals surface area contributed by atoms with Crippen LogP contribution in [0.2, 0.25) is 0 Å². The fraction of sp³-hybridized carbons (Fsp3) is 0.526. The average Bonchev–Trinajstić information content (AvgIpc) is 2.91. The van der Waals surface area contributed by atoms with Crippen LogP contribution in [0.15, 0.2) is 18.2 Å². The topological polar surface area (TPSA) is 97.4 Å². The van der Waals surface area contributed by atoms with Gasteiger partial charge in [0.05, 0.1) is 26.9 Å². The minimum absolute atomic E-state index is 0.0714. The largest absolute Gasteiger partial charge is 0.493 e. The van der Waals surface area contributed by atoms with Gasteiger partial charge in [0.25, 0.3) is 5.91 Å². The maximum atomic E-state index is 13.0. The fourth-order valence-electron chi connectivity index (χ4n) is 3.46. The van der Waals surface area contributed by atoms with E-state index in [0.29, 0.717) is 36.8 Å². The molecule has 0 bridgehead atoms. The van der Waals surface area contributed by atoms with E-state index in [1.807, 2.05) is 6.92 Å². The van der Waals surface area contributed by atoms with Gasteiger partial charge in [-0.2, -0.15) is 0 Å². The Morgan fingerprint density at radius 1 is 1.29 bits per heavy atom. The molecular formula is C19H25N3O6. The number of morpholine rings is 1. The van der Waals surface area contributed by atoms with Gasteiger partial charge in [-0.15, -0.1) is 0 Å². The molecular weight excluding hydrogens is 366 g/mol. The lowest BCUT2D eigenvalue weighted by Crippen LogP contribution is -2.49. The molecule has 0 saturated carbocycles. The molecule has 1 aromatic carbocycles. The third-order valence-electron chi connectivity index (χ3n) is 5.12. The van der Waals surface area contributed by atoms with Crippen LogP contribution in [0.4, 0.5) is 4.79 Å². The van der Waals surface area contributed by atoms with Crippen molar-refractivity contribution in [3.8, 4) is 11.5 Å². The third-order valence-corrected chi connectivity index (χ3v) is 5.12. The highest BCUT2D eigenvalue weighted by molar-refractivity contribution is 6.09. The van der Waals surface area contributed by atoms with Crippen LogP contribution in [0.5, 0.6) is 11.5 Å². The Morgan fingerprint density at radius 3 is 2.64 bits per heavy atom. The van der Waals surface area contributed by atoms with Gasteiger partial charge in [0.1, 0.15) is 12.1 Å². The molecule has 0 spiro atoms.